The van der Waals surface area contributed by atoms with Crippen LogP contribution >= 0.6 is 0 Å². The largest absolute Gasteiger partial charge is 0.462 e. The number of hydrogen-bond donors (Lipinski definition) is 2. The molecule has 148 valence electrons. The number of anilines is 3. The molecular formula is C19H23N5O4. The first-order valence-electron chi connectivity index (χ1n) is 9.39. The lowest BCUT2D eigenvalue weighted by Crippen LogP contribution is -2.23. The molecule has 1 saturated carbocycles. The van der Waals surface area contributed by atoms with Crippen molar-refractivity contribution in [2.45, 2.75) is 45.1 Å². The van der Waals surface area contributed by atoms with Crippen molar-refractivity contribution in [2.24, 2.45) is 0 Å². The Labute approximate surface area is 162 Å². The minimum Gasteiger partial charge on any atom is -0.462 e. The molecule has 28 heavy (non-hydrogen) atoms. The van der Waals surface area contributed by atoms with E-state index in [9.17, 15) is 14.9 Å². The van der Waals surface area contributed by atoms with Gasteiger partial charge in [-0.15, -0.1) is 0 Å². The van der Waals surface area contributed by atoms with E-state index in [2.05, 4.69) is 20.6 Å². The molecule has 0 unspecified atom stereocenters. The van der Waals surface area contributed by atoms with Crippen LogP contribution in [0.2, 0.25) is 0 Å². The van der Waals surface area contributed by atoms with Crippen LogP contribution in [0.3, 0.4) is 0 Å². The SMILES string of the molecule is CCOC(=O)c1ccccc1Nc1ncnc(NC2CCCCC2)c1[N+](=O)[O-]. The van der Waals surface area contributed by atoms with Gasteiger partial charge in [0.2, 0.25) is 11.6 Å². The second-order valence-corrected chi connectivity index (χ2v) is 6.55. The van der Waals surface area contributed by atoms with Gasteiger partial charge in [0.25, 0.3) is 0 Å². The summed E-state index contributed by atoms with van der Waals surface area (Å²) in [6.45, 7) is 1.95. The second-order valence-electron chi connectivity index (χ2n) is 6.55. The fourth-order valence-electron chi connectivity index (χ4n) is 3.30. The van der Waals surface area contributed by atoms with Gasteiger partial charge in [0.05, 0.1) is 22.8 Å². The molecule has 3 rings (SSSR count). The summed E-state index contributed by atoms with van der Waals surface area (Å²) in [7, 11) is 0. The van der Waals surface area contributed by atoms with Crippen molar-refractivity contribution in [2.75, 3.05) is 17.2 Å². The summed E-state index contributed by atoms with van der Waals surface area (Å²) in [5, 5.41) is 17.8. The number of nitrogens with zero attached hydrogens (tertiary/aromatic N) is 3. The predicted octanol–water partition coefficient (Wildman–Crippen LogP) is 4.05. The number of ether oxygens (including phenoxy) is 1. The average Bonchev–Trinajstić information content (AvgIpc) is 2.69. The third-order valence-corrected chi connectivity index (χ3v) is 4.63. The van der Waals surface area contributed by atoms with Crippen LogP contribution in [0, 0.1) is 10.1 Å². The number of esters is 1. The second kappa shape index (κ2) is 9.12. The summed E-state index contributed by atoms with van der Waals surface area (Å²) < 4.78 is 5.05. The Balaban J connectivity index is 1.91. The zero-order chi connectivity index (χ0) is 19.9. The van der Waals surface area contributed by atoms with E-state index >= 15 is 0 Å². The fourth-order valence-corrected chi connectivity index (χ4v) is 3.30. The third kappa shape index (κ3) is 4.54. The Morgan fingerprint density at radius 2 is 1.93 bits per heavy atom. The van der Waals surface area contributed by atoms with Crippen molar-refractivity contribution in [3.05, 3.63) is 46.3 Å². The molecule has 0 amide bonds. The monoisotopic (exact) mass is 385 g/mol. The molecule has 1 fully saturated rings. The van der Waals surface area contributed by atoms with Gasteiger partial charge >= 0.3 is 11.7 Å². The van der Waals surface area contributed by atoms with Gasteiger partial charge in [0, 0.05) is 6.04 Å². The Hall–Kier alpha value is -3.23. The number of rotatable bonds is 7. The number of carbonyl (C=O) groups excluding carboxylic acids is 1. The normalized spacial score (nSPS) is 14.3. The number of carbonyl (C=O) groups is 1. The van der Waals surface area contributed by atoms with Gasteiger partial charge < -0.3 is 15.4 Å². The molecule has 0 radical (unpaired) electrons. The Bertz CT molecular complexity index is 852. The molecular weight excluding hydrogens is 362 g/mol. The lowest BCUT2D eigenvalue weighted by atomic mass is 9.95. The number of para-hydroxylation sites is 1. The molecule has 9 heteroatoms. The minimum atomic E-state index is -0.513. The van der Waals surface area contributed by atoms with Gasteiger partial charge in [-0.25, -0.2) is 14.8 Å². The zero-order valence-electron chi connectivity index (χ0n) is 15.7. The minimum absolute atomic E-state index is 0.0232. The quantitative estimate of drug-likeness (QED) is 0.416. The summed E-state index contributed by atoms with van der Waals surface area (Å²) in [6.07, 6.45) is 6.54. The van der Waals surface area contributed by atoms with Crippen molar-refractivity contribution >= 4 is 29.0 Å². The highest BCUT2D eigenvalue weighted by molar-refractivity contribution is 5.96. The highest BCUT2D eigenvalue weighted by atomic mass is 16.6. The van der Waals surface area contributed by atoms with Crippen LogP contribution in [-0.4, -0.2) is 33.5 Å². The van der Waals surface area contributed by atoms with E-state index in [4.69, 9.17) is 4.74 Å². The van der Waals surface area contributed by atoms with Crippen LogP contribution in [0.4, 0.5) is 23.0 Å². The first-order chi connectivity index (χ1) is 13.6. The topological polar surface area (TPSA) is 119 Å². The van der Waals surface area contributed by atoms with Gasteiger partial charge in [0.15, 0.2) is 0 Å². The number of aromatic nitrogens is 2. The maximum atomic E-state index is 12.2. The third-order valence-electron chi connectivity index (χ3n) is 4.63. The van der Waals surface area contributed by atoms with Crippen LogP contribution in [0.25, 0.3) is 0 Å². The van der Waals surface area contributed by atoms with Gasteiger partial charge in [-0.3, -0.25) is 10.1 Å². The van der Waals surface area contributed by atoms with Crippen LogP contribution in [-0.2, 0) is 4.74 Å². The van der Waals surface area contributed by atoms with Crippen molar-refractivity contribution in [3.63, 3.8) is 0 Å². The highest BCUT2D eigenvalue weighted by Crippen LogP contribution is 2.33. The molecule has 9 nitrogen and oxygen atoms in total. The van der Waals surface area contributed by atoms with E-state index in [0.29, 0.717) is 5.69 Å². The molecule has 1 aliphatic carbocycles. The molecule has 2 N–H and O–H groups in total. The molecule has 1 aliphatic rings. The van der Waals surface area contributed by atoms with Crippen molar-refractivity contribution < 1.29 is 14.5 Å². The maximum Gasteiger partial charge on any atom is 0.353 e. The number of hydrogen-bond acceptors (Lipinski definition) is 8. The van der Waals surface area contributed by atoms with E-state index in [-0.39, 0.29) is 35.5 Å². The van der Waals surface area contributed by atoms with Crippen molar-refractivity contribution in [3.8, 4) is 0 Å². The zero-order valence-corrected chi connectivity index (χ0v) is 15.7. The van der Waals surface area contributed by atoms with Crippen LogP contribution < -0.4 is 10.6 Å². The molecule has 1 heterocycles. The average molecular weight is 385 g/mol. The summed E-state index contributed by atoms with van der Waals surface area (Å²) in [5.41, 5.74) is 0.414. The standard InChI is InChI=1S/C19H23N5O4/c1-2-28-19(25)14-10-6-7-11-15(14)23-18-16(24(26)27)17(20-12-21-18)22-13-8-4-3-5-9-13/h6-7,10-13H,2-5,8-9H2,1H3,(H2,20,21,22,23). The maximum absolute atomic E-state index is 12.2. The lowest BCUT2D eigenvalue weighted by molar-refractivity contribution is -0.383. The van der Waals surface area contributed by atoms with E-state index in [1.54, 1.807) is 31.2 Å². The summed E-state index contributed by atoms with van der Waals surface area (Å²) in [4.78, 5) is 31.5. The first kappa shape index (κ1) is 19.5. The van der Waals surface area contributed by atoms with Gasteiger partial charge in [-0.05, 0) is 31.9 Å². The van der Waals surface area contributed by atoms with E-state index < -0.39 is 10.9 Å². The predicted molar refractivity (Wildman–Crippen MR) is 105 cm³/mol. The Kier molecular flexibility index (Phi) is 6.36. The highest BCUT2D eigenvalue weighted by Gasteiger charge is 2.26. The van der Waals surface area contributed by atoms with Crippen LogP contribution in [0.1, 0.15) is 49.4 Å². The fraction of sp³-hybridized carbons (Fsp3) is 0.421. The summed E-state index contributed by atoms with van der Waals surface area (Å²) in [5.74, 6) is -0.305. The van der Waals surface area contributed by atoms with Gasteiger partial charge in [0.1, 0.15) is 6.33 Å². The molecule has 0 atom stereocenters. The molecule has 1 aromatic carbocycles. The van der Waals surface area contributed by atoms with Gasteiger partial charge in [-0.1, -0.05) is 31.4 Å². The van der Waals surface area contributed by atoms with Gasteiger partial charge in [-0.2, -0.15) is 0 Å². The van der Waals surface area contributed by atoms with E-state index in [1.165, 1.54) is 12.7 Å². The molecule has 0 spiro atoms. The molecule has 2 aromatic rings. The molecule has 0 saturated heterocycles. The number of benzene rings is 1. The number of nitro groups is 1. The van der Waals surface area contributed by atoms with Crippen molar-refractivity contribution in [1.82, 2.24) is 9.97 Å². The summed E-state index contributed by atoms with van der Waals surface area (Å²) in [6, 6.07) is 6.81. The molecule has 0 aliphatic heterocycles. The Morgan fingerprint density at radius 3 is 2.64 bits per heavy atom. The van der Waals surface area contributed by atoms with Crippen LogP contribution in [0.5, 0.6) is 0 Å². The van der Waals surface area contributed by atoms with E-state index in [1.807, 2.05) is 0 Å². The molecule has 0 bridgehead atoms. The molecule has 1 aromatic heterocycles. The first-order valence-corrected chi connectivity index (χ1v) is 9.39. The summed E-state index contributed by atoms with van der Waals surface area (Å²) >= 11 is 0. The van der Waals surface area contributed by atoms with Crippen molar-refractivity contribution in [1.29, 1.82) is 0 Å². The number of nitrogens with one attached hydrogen (secondary N) is 2. The van der Waals surface area contributed by atoms with E-state index in [0.717, 1.165) is 25.7 Å². The lowest BCUT2D eigenvalue weighted by Gasteiger charge is -2.23. The Morgan fingerprint density at radius 1 is 1.21 bits per heavy atom. The van der Waals surface area contributed by atoms with Crippen LogP contribution in [0.15, 0.2) is 30.6 Å². The smallest absolute Gasteiger partial charge is 0.353 e.